The van der Waals surface area contributed by atoms with E-state index in [2.05, 4.69) is 0 Å². The molecule has 5 heteroatoms. The summed E-state index contributed by atoms with van der Waals surface area (Å²) in [6.07, 6.45) is 0.651. The van der Waals surface area contributed by atoms with Crippen LogP contribution in [0.4, 0.5) is 0 Å². The molecule has 0 amide bonds. The Morgan fingerprint density at radius 2 is 1.91 bits per heavy atom. The summed E-state index contributed by atoms with van der Waals surface area (Å²) >= 11 is 0. The van der Waals surface area contributed by atoms with Gasteiger partial charge in [0.2, 0.25) is 0 Å². The molecular weight excluding hydrogens is 180 g/mol. The van der Waals surface area contributed by atoms with E-state index in [0.717, 1.165) is 0 Å². The normalized spacial score (nSPS) is 21.5. The first-order valence-corrected chi connectivity index (χ1v) is 8.40. The van der Waals surface area contributed by atoms with E-state index in [4.69, 9.17) is 9.91 Å². The Balaban J connectivity index is 5.21. The molecule has 0 aromatic rings. The molecule has 0 bridgehead atoms. The van der Waals surface area contributed by atoms with Crippen molar-refractivity contribution in [2.24, 2.45) is 0 Å². The maximum absolute atomic E-state index is 11.1. The highest BCUT2D eigenvalue weighted by Gasteiger charge is 2.14. The first-order valence-electron chi connectivity index (χ1n) is 5.10. The van der Waals surface area contributed by atoms with Crippen LogP contribution in [0.2, 0.25) is 19.6 Å². The third-order valence-corrected chi connectivity index (χ3v) is 1.75. The summed E-state index contributed by atoms with van der Waals surface area (Å²) in [4.78, 5) is 0. The maximum atomic E-state index is 11.1. The molecule has 0 aliphatic heterocycles. The fourth-order valence-electron chi connectivity index (χ4n) is 0.250. The van der Waals surface area contributed by atoms with E-state index in [-0.39, 0.29) is 0 Å². The molecule has 0 saturated carbocycles. The highest BCUT2D eigenvalue weighted by atomic mass is 32.2. The van der Waals surface area contributed by atoms with E-state index in [1.54, 1.807) is 19.6 Å². The van der Waals surface area contributed by atoms with Gasteiger partial charge in [0.25, 0.3) is 0 Å². The van der Waals surface area contributed by atoms with Crippen LogP contribution in [0, 0.1) is 0 Å². The van der Waals surface area contributed by atoms with Crippen molar-refractivity contribution in [2.45, 2.75) is 19.6 Å². The molecule has 0 aromatic carbocycles. The topological polar surface area (TPSA) is 43.4 Å². The third-order valence-electron chi connectivity index (χ3n) is 0.584. The predicted molar refractivity (Wildman–Crippen MR) is 49.0 cm³/mol. The number of sulfone groups is 1. The van der Waals surface area contributed by atoms with Gasteiger partial charge in [-0.2, -0.15) is 0 Å². The maximum Gasteiger partial charge on any atom is 0.183 e. The van der Waals surface area contributed by atoms with Crippen LogP contribution >= 0.6 is 0 Å². The van der Waals surface area contributed by atoms with E-state index < -0.39 is 30.4 Å². The van der Waals surface area contributed by atoms with Gasteiger partial charge in [-0.3, -0.25) is 0 Å². The second-order valence-corrected chi connectivity index (χ2v) is 9.37. The van der Waals surface area contributed by atoms with Gasteiger partial charge in [0.15, 0.2) is 8.32 Å². The molecule has 0 saturated heterocycles. The van der Waals surface area contributed by atoms with Gasteiger partial charge < -0.3 is 4.43 Å². The first-order chi connectivity index (χ1) is 6.21. The monoisotopic (exact) mass is 200 g/mol. The Kier molecular flexibility index (Phi) is 1.92. The van der Waals surface area contributed by atoms with E-state index in [1.807, 2.05) is 0 Å². The summed E-state index contributed by atoms with van der Waals surface area (Å²) in [5, 5.41) is 0. The van der Waals surface area contributed by atoms with Gasteiger partial charge in [0.05, 0.1) is 8.45 Å². The lowest BCUT2D eigenvalue weighted by molar-refractivity contribution is 0.335. The van der Waals surface area contributed by atoms with Crippen LogP contribution in [0.25, 0.3) is 0 Å². The molecule has 0 atom stereocenters. The fraction of sp³-hybridized carbons (Fsp3) is 1.00. The number of hydrogen-bond acceptors (Lipinski definition) is 3. The Hall–Kier alpha value is 0.127. The first kappa shape index (κ1) is 5.72. The van der Waals surface area contributed by atoms with Gasteiger partial charge >= 0.3 is 0 Å². The van der Waals surface area contributed by atoms with Crippen LogP contribution in [0.1, 0.15) is 5.48 Å². The molecule has 0 rings (SSSR count). The van der Waals surface area contributed by atoms with E-state index in [9.17, 15) is 8.42 Å². The third kappa shape index (κ3) is 10.1. The van der Waals surface area contributed by atoms with Crippen molar-refractivity contribution in [2.75, 3.05) is 18.5 Å². The van der Waals surface area contributed by atoms with Gasteiger partial charge in [0.1, 0.15) is 9.84 Å². The van der Waals surface area contributed by atoms with Crippen LogP contribution in [0.5, 0.6) is 0 Å². The molecular formula is C6H16O3SSi. The Morgan fingerprint density at radius 1 is 1.45 bits per heavy atom. The lowest BCUT2D eigenvalue weighted by Gasteiger charge is -2.16. The summed E-state index contributed by atoms with van der Waals surface area (Å²) in [6.45, 7) is 2.14. The fourth-order valence-corrected chi connectivity index (χ4v) is 0.874. The molecule has 3 nitrogen and oxygen atoms in total. The average Bonchev–Trinajstić information content (AvgIpc) is 1.77. The molecule has 0 aliphatic carbocycles. The summed E-state index contributed by atoms with van der Waals surface area (Å²) < 4.78 is 56.4. The minimum absolute atomic E-state index is 0.651. The second kappa shape index (κ2) is 3.69. The predicted octanol–water partition coefficient (Wildman–Crippen LogP) is 0.883. The largest absolute Gasteiger partial charge is 0.417 e. The molecule has 0 aromatic heterocycles. The van der Waals surface area contributed by atoms with Crippen molar-refractivity contribution in [1.82, 2.24) is 0 Å². The average molecular weight is 200 g/mol. The van der Waals surface area contributed by atoms with Crippen LogP contribution < -0.4 is 0 Å². The van der Waals surface area contributed by atoms with Crippen LogP contribution in [-0.2, 0) is 14.3 Å². The van der Waals surface area contributed by atoms with Crippen molar-refractivity contribution in [3.05, 3.63) is 0 Å². The number of rotatable bonds is 4. The summed E-state index contributed by atoms with van der Waals surface area (Å²) in [5.41, 5.74) is -3.04. The van der Waals surface area contributed by atoms with Crippen molar-refractivity contribution in [3.63, 3.8) is 0 Å². The Morgan fingerprint density at radius 3 is 2.18 bits per heavy atom. The highest BCUT2D eigenvalue weighted by molar-refractivity contribution is 7.90. The zero-order valence-corrected chi connectivity index (χ0v) is 8.95. The molecule has 0 unspecified atom stereocenters. The molecule has 0 N–H and O–H groups in total. The molecule has 68 valence electrons. The van der Waals surface area contributed by atoms with Gasteiger partial charge in [-0.15, -0.1) is 0 Å². The minimum Gasteiger partial charge on any atom is -0.417 e. The quantitative estimate of drug-likeness (QED) is 0.633. The number of hydrogen-bond donors (Lipinski definition) is 0. The van der Waals surface area contributed by atoms with Crippen LogP contribution in [-0.4, -0.2) is 35.3 Å². The highest BCUT2D eigenvalue weighted by Crippen LogP contribution is 2.01. The van der Waals surface area contributed by atoms with E-state index in [0.29, 0.717) is 6.26 Å². The van der Waals surface area contributed by atoms with Gasteiger partial charge in [-0.1, -0.05) is 0 Å². The van der Waals surface area contributed by atoms with Crippen molar-refractivity contribution in [1.29, 1.82) is 0 Å². The SMILES string of the molecule is [2H]C([2H])(O[Si](C)(C)C)C([2H])([2H])S(C)(=O)=O. The molecule has 0 heterocycles. The lowest BCUT2D eigenvalue weighted by atomic mass is 10.9. The lowest BCUT2D eigenvalue weighted by Crippen LogP contribution is -2.28. The van der Waals surface area contributed by atoms with Gasteiger partial charge in [-0.25, -0.2) is 8.42 Å². The molecule has 0 radical (unpaired) electrons. The Bertz CT molecular complexity index is 333. The van der Waals surface area contributed by atoms with Crippen molar-refractivity contribution < 1.29 is 18.3 Å². The minimum atomic E-state index is -4.18. The van der Waals surface area contributed by atoms with Gasteiger partial charge in [-0.05, 0) is 19.6 Å². The zero-order valence-electron chi connectivity index (χ0n) is 11.1. The molecule has 11 heavy (non-hydrogen) atoms. The van der Waals surface area contributed by atoms with Crippen molar-refractivity contribution in [3.8, 4) is 0 Å². The van der Waals surface area contributed by atoms with E-state index in [1.165, 1.54) is 0 Å². The molecule has 0 aliphatic rings. The standard InChI is InChI=1S/C6H16O3SSi/c1-10(7,8)6-5-9-11(2,3)4/h5-6H2,1-4H3/i5D2,6D2. The molecule has 0 fully saturated rings. The zero-order chi connectivity index (χ0) is 12.7. The summed E-state index contributed by atoms with van der Waals surface area (Å²) in [5.74, 6) is 0. The van der Waals surface area contributed by atoms with Crippen molar-refractivity contribution >= 4 is 18.2 Å². The molecule has 0 spiro atoms. The van der Waals surface area contributed by atoms with Gasteiger partial charge in [0, 0.05) is 15.6 Å². The second-order valence-electron chi connectivity index (χ2n) is 3.19. The van der Waals surface area contributed by atoms with E-state index >= 15 is 0 Å². The smallest absolute Gasteiger partial charge is 0.183 e. The Labute approximate surface area is 75.4 Å². The summed E-state index contributed by atoms with van der Waals surface area (Å²) in [7, 11) is -6.54. The van der Waals surface area contributed by atoms with Crippen LogP contribution in [0.15, 0.2) is 0 Å². The summed E-state index contributed by atoms with van der Waals surface area (Å²) in [6, 6.07) is 0. The van der Waals surface area contributed by atoms with Crippen LogP contribution in [0.3, 0.4) is 0 Å².